The molecule has 0 aromatic heterocycles. The van der Waals surface area contributed by atoms with Gasteiger partial charge in [-0.15, -0.1) is 0 Å². The van der Waals surface area contributed by atoms with Crippen LogP contribution in [0.15, 0.2) is 124 Å². The van der Waals surface area contributed by atoms with Gasteiger partial charge in [-0.2, -0.15) is 0 Å². The molecule has 0 radical (unpaired) electrons. The minimum atomic E-state index is 1.09. The minimum absolute atomic E-state index is 1.09. The minimum Gasteiger partial charge on any atom is -0.0785 e. The molecule has 0 N–H and O–H groups in total. The molecule has 140 valence electrons. The van der Waals surface area contributed by atoms with Crippen molar-refractivity contribution in [3.63, 3.8) is 0 Å². The van der Waals surface area contributed by atoms with Crippen LogP contribution >= 0.6 is 23.5 Å². The predicted molar refractivity (Wildman–Crippen MR) is 126 cm³/mol. The maximum absolute atomic E-state index is 3.66. The molecule has 4 aromatic rings. The molecule has 0 spiro atoms. The summed E-state index contributed by atoms with van der Waals surface area (Å²) in [5.74, 6) is 0. The SMILES string of the molecule is Cc1ccc([C+]=C(Sc2ccccc2)c2ccccc2Sc2ccccc2)cc1. The highest BCUT2D eigenvalue weighted by molar-refractivity contribution is 8.08. The molecule has 0 amide bonds. The van der Waals surface area contributed by atoms with E-state index in [4.69, 9.17) is 0 Å². The van der Waals surface area contributed by atoms with Crippen molar-refractivity contribution in [2.24, 2.45) is 0 Å². The zero-order valence-corrected chi connectivity index (χ0v) is 17.8. The van der Waals surface area contributed by atoms with Gasteiger partial charge in [-0.3, -0.25) is 0 Å². The highest BCUT2D eigenvalue weighted by Crippen LogP contribution is 2.41. The first-order valence-electron chi connectivity index (χ1n) is 9.54. The molecule has 4 aromatic carbocycles. The van der Waals surface area contributed by atoms with Crippen LogP contribution in [0.1, 0.15) is 16.7 Å². The van der Waals surface area contributed by atoms with Crippen molar-refractivity contribution in [1.82, 2.24) is 0 Å². The topological polar surface area (TPSA) is 0 Å². The molecule has 0 atom stereocenters. The van der Waals surface area contributed by atoms with Gasteiger partial charge in [0.2, 0.25) is 0 Å². The van der Waals surface area contributed by atoms with Crippen LogP contribution in [0.2, 0.25) is 0 Å². The van der Waals surface area contributed by atoms with Crippen LogP contribution in [0.25, 0.3) is 4.91 Å². The number of aryl methyl sites for hydroxylation is 1. The van der Waals surface area contributed by atoms with Crippen molar-refractivity contribution in [2.75, 3.05) is 0 Å². The van der Waals surface area contributed by atoms with Gasteiger partial charge in [0.15, 0.2) is 4.91 Å². The van der Waals surface area contributed by atoms with Gasteiger partial charge in [0.05, 0.1) is 10.5 Å². The summed E-state index contributed by atoms with van der Waals surface area (Å²) < 4.78 is 0. The van der Waals surface area contributed by atoms with Crippen LogP contribution in [-0.4, -0.2) is 0 Å². The molecule has 4 rings (SSSR count). The lowest BCUT2D eigenvalue weighted by molar-refractivity contribution is 1.37. The van der Waals surface area contributed by atoms with Gasteiger partial charge in [-0.25, -0.2) is 0 Å². The van der Waals surface area contributed by atoms with Crippen LogP contribution in [0.3, 0.4) is 0 Å². The smallest absolute Gasteiger partial charge is 0.0785 e. The molecule has 0 nitrogen and oxygen atoms in total. The van der Waals surface area contributed by atoms with Crippen LogP contribution < -0.4 is 0 Å². The highest BCUT2D eigenvalue weighted by Gasteiger charge is 2.17. The van der Waals surface area contributed by atoms with Gasteiger partial charge in [-0.1, -0.05) is 72.1 Å². The Morgan fingerprint density at radius 2 is 1.21 bits per heavy atom. The molecule has 0 aliphatic heterocycles. The Bertz CT molecular complexity index is 1080. The summed E-state index contributed by atoms with van der Waals surface area (Å²) in [6.07, 6.45) is 3.66. The molecule has 0 aliphatic rings. The molecule has 0 aliphatic carbocycles. The van der Waals surface area contributed by atoms with E-state index >= 15 is 0 Å². The summed E-state index contributed by atoms with van der Waals surface area (Å²) in [5.41, 5.74) is 3.55. The quantitative estimate of drug-likeness (QED) is 0.179. The Labute approximate surface area is 181 Å². The van der Waals surface area contributed by atoms with E-state index in [-0.39, 0.29) is 0 Å². The number of hydrogen-bond donors (Lipinski definition) is 0. The summed E-state index contributed by atoms with van der Waals surface area (Å²) >= 11 is 3.55. The number of benzene rings is 4. The third kappa shape index (κ3) is 5.40. The fourth-order valence-corrected chi connectivity index (χ4v) is 4.91. The molecule has 0 saturated carbocycles. The van der Waals surface area contributed by atoms with Gasteiger partial charge < -0.3 is 0 Å². The molecular weight excluding hydrogens is 388 g/mol. The summed E-state index contributed by atoms with van der Waals surface area (Å²) in [7, 11) is 0. The third-order valence-electron chi connectivity index (χ3n) is 4.38. The second kappa shape index (κ2) is 9.62. The maximum Gasteiger partial charge on any atom is 0.155 e. The van der Waals surface area contributed by atoms with E-state index in [0.29, 0.717) is 0 Å². The fraction of sp³-hybridized carbons (Fsp3) is 0.0370. The number of hydrogen-bond acceptors (Lipinski definition) is 2. The molecular formula is C27H21S2+. The summed E-state index contributed by atoms with van der Waals surface area (Å²) in [6, 6.07) is 38.2. The summed E-state index contributed by atoms with van der Waals surface area (Å²) in [4.78, 5) is 4.80. The Hall–Kier alpha value is -2.77. The average Bonchev–Trinajstić information content (AvgIpc) is 2.77. The van der Waals surface area contributed by atoms with Crippen molar-refractivity contribution < 1.29 is 0 Å². The monoisotopic (exact) mass is 409 g/mol. The van der Waals surface area contributed by atoms with E-state index in [9.17, 15) is 0 Å². The molecule has 29 heavy (non-hydrogen) atoms. The average molecular weight is 410 g/mol. The fourth-order valence-electron chi connectivity index (χ4n) is 2.88. The lowest BCUT2D eigenvalue weighted by Crippen LogP contribution is -1.88. The molecule has 0 bridgehead atoms. The van der Waals surface area contributed by atoms with Crippen LogP contribution in [-0.2, 0) is 0 Å². The molecule has 0 saturated heterocycles. The molecule has 0 heterocycles. The van der Waals surface area contributed by atoms with E-state index in [0.717, 1.165) is 10.5 Å². The van der Waals surface area contributed by atoms with Crippen molar-refractivity contribution in [3.05, 3.63) is 132 Å². The zero-order chi connectivity index (χ0) is 19.9. The van der Waals surface area contributed by atoms with Crippen LogP contribution in [0.4, 0.5) is 0 Å². The second-order valence-electron chi connectivity index (χ2n) is 6.65. The Balaban J connectivity index is 1.75. The first-order valence-corrected chi connectivity index (χ1v) is 11.2. The van der Waals surface area contributed by atoms with E-state index in [1.54, 1.807) is 23.5 Å². The van der Waals surface area contributed by atoms with Crippen molar-refractivity contribution in [3.8, 4) is 0 Å². The van der Waals surface area contributed by atoms with Crippen molar-refractivity contribution >= 4 is 28.4 Å². The lowest BCUT2D eigenvalue weighted by atomic mass is 10.1. The Kier molecular flexibility index (Phi) is 6.49. The van der Waals surface area contributed by atoms with Gasteiger partial charge in [0.25, 0.3) is 0 Å². The largest absolute Gasteiger partial charge is 0.155 e. The molecule has 0 unspecified atom stereocenters. The number of rotatable bonds is 6. The van der Waals surface area contributed by atoms with Crippen molar-refractivity contribution in [1.29, 1.82) is 0 Å². The standard InChI is InChI=1S/C27H21S2/c1-21-16-18-22(19-17-21)20-27(29-24-12-6-3-7-13-24)25-14-8-9-15-26(25)28-23-10-4-2-5-11-23/h2-19H,1H3/q+1. The van der Waals surface area contributed by atoms with Gasteiger partial charge >= 0.3 is 0 Å². The van der Waals surface area contributed by atoms with Gasteiger partial charge in [-0.05, 0) is 61.0 Å². The van der Waals surface area contributed by atoms with Gasteiger partial charge in [0, 0.05) is 28.0 Å². The first kappa shape index (κ1) is 19.5. The first-order chi connectivity index (χ1) is 14.3. The van der Waals surface area contributed by atoms with Gasteiger partial charge in [0.1, 0.15) is 5.56 Å². The van der Waals surface area contributed by atoms with E-state index < -0.39 is 0 Å². The Morgan fingerprint density at radius 1 is 0.621 bits per heavy atom. The Morgan fingerprint density at radius 3 is 1.90 bits per heavy atom. The zero-order valence-electron chi connectivity index (χ0n) is 16.2. The lowest BCUT2D eigenvalue weighted by Gasteiger charge is -2.08. The summed E-state index contributed by atoms with van der Waals surface area (Å²) in [5, 5.41) is 0. The maximum atomic E-state index is 3.66. The molecule has 0 fully saturated rings. The predicted octanol–water partition coefficient (Wildman–Crippen LogP) is 8.13. The second-order valence-corrected chi connectivity index (χ2v) is 8.85. The van der Waals surface area contributed by atoms with Crippen LogP contribution in [0, 0.1) is 13.0 Å². The number of thioether (sulfide) groups is 1. The highest BCUT2D eigenvalue weighted by atomic mass is 32.2. The van der Waals surface area contributed by atoms with Crippen molar-refractivity contribution in [2.45, 2.75) is 21.6 Å². The molecule has 2 heteroatoms. The summed E-state index contributed by atoms with van der Waals surface area (Å²) in [6.45, 7) is 2.11. The van der Waals surface area contributed by atoms with E-state index in [1.807, 2.05) is 0 Å². The van der Waals surface area contributed by atoms with E-state index in [1.165, 1.54) is 25.8 Å². The third-order valence-corrected chi connectivity index (χ3v) is 6.49. The van der Waals surface area contributed by atoms with Crippen LogP contribution in [0.5, 0.6) is 0 Å². The normalized spacial score (nSPS) is 11.1. The van der Waals surface area contributed by atoms with E-state index in [2.05, 4.69) is 122 Å².